The van der Waals surface area contributed by atoms with E-state index < -0.39 is 0 Å². The average Bonchev–Trinajstić information content (AvgIpc) is 3.23. The predicted octanol–water partition coefficient (Wildman–Crippen LogP) is 2.22. The maximum Gasteiger partial charge on any atom is 0.162 e. The fraction of sp³-hybridized carbons (Fsp3) is 0.643. The van der Waals surface area contributed by atoms with Gasteiger partial charge in [0.05, 0.1) is 11.3 Å². The Morgan fingerprint density at radius 2 is 1.95 bits per heavy atom. The van der Waals surface area contributed by atoms with Gasteiger partial charge in [-0.05, 0) is 38.2 Å². The molecule has 19 heavy (non-hydrogen) atoms. The molecule has 1 aromatic rings. The largest absolute Gasteiger partial charge is 0.389 e. The molecule has 0 bridgehead atoms. The van der Waals surface area contributed by atoms with E-state index in [1.54, 1.807) is 0 Å². The van der Waals surface area contributed by atoms with Gasteiger partial charge in [-0.2, -0.15) is 5.10 Å². The van der Waals surface area contributed by atoms with E-state index in [9.17, 15) is 0 Å². The molecule has 0 aliphatic heterocycles. The smallest absolute Gasteiger partial charge is 0.162 e. The van der Waals surface area contributed by atoms with Gasteiger partial charge in [0.25, 0.3) is 0 Å². The first-order valence-electron chi connectivity index (χ1n) is 7.08. The molecule has 4 nitrogen and oxygen atoms in total. The third kappa shape index (κ3) is 2.71. The first-order valence-corrected chi connectivity index (χ1v) is 7.49. The van der Waals surface area contributed by atoms with Gasteiger partial charge in [0.1, 0.15) is 4.99 Å². The lowest BCUT2D eigenvalue weighted by Gasteiger charge is -2.25. The van der Waals surface area contributed by atoms with E-state index in [-0.39, 0.29) is 0 Å². The maximum atomic E-state index is 5.96. The first kappa shape index (κ1) is 14.2. The number of rotatable bonds is 6. The van der Waals surface area contributed by atoms with Crippen molar-refractivity contribution in [2.45, 2.75) is 52.5 Å². The molecule has 1 aliphatic carbocycles. The van der Waals surface area contributed by atoms with Crippen molar-refractivity contribution in [1.82, 2.24) is 10.2 Å². The number of aryl methyl sites for hydroxylation is 1. The van der Waals surface area contributed by atoms with E-state index in [1.165, 1.54) is 18.4 Å². The molecular weight excluding hydrogens is 256 g/mol. The van der Waals surface area contributed by atoms with Crippen molar-refractivity contribution in [2.24, 2.45) is 5.73 Å². The predicted molar refractivity (Wildman–Crippen MR) is 82.7 cm³/mol. The van der Waals surface area contributed by atoms with Crippen molar-refractivity contribution in [3.05, 3.63) is 16.8 Å². The Kier molecular flexibility index (Phi) is 4.34. The Hall–Kier alpha value is -1.23. The molecule has 1 aromatic heterocycles. The van der Waals surface area contributed by atoms with Crippen LogP contribution >= 0.6 is 12.2 Å². The quantitative estimate of drug-likeness (QED) is 0.809. The van der Waals surface area contributed by atoms with Crippen LogP contribution in [0.5, 0.6) is 0 Å². The molecule has 104 valence electrons. The highest BCUT2D eigenvalue weighted by Gasteiger charge is 2.32. The number of anilines is 1. The minimum Gasteiger partial charge on any atom is -0.389 e. The Balaban J connectivity index is 2.56. The van der Waals surface area contributed by atoms with Gasteiger partial charge in [-0.15, -0.1) is 5.10 Å². The molecule has 5 heteroatoms. The number of nitrogens with two attached hydrogens (primary N) is 1. The summed E-state index contributed by atoms with van der Waals surface area (Å²) in [6, 6.07) is 0.588. The maximum absolute atomic E-state index is 5.96. The van der Waals surface area contributed by atoms with E-state index in [0.29, 0.717) is 11.0 Å². The van der Waals surface area contributed by atoms with E-state index in [4.69, 9.17) is 18.0 Å². The highest BCUT2D eigenvalue weighted by molar-refractivity contribution is 7.80. The van der Waals surface area contributed by atoms with Crippen LogP contribution in [0.3, 0.4) is 0 Å². The summed E-state index contributed by atoms with van der Waals surface area (Å²) in [5.41, 5.74) is 9.09. The van der Waals surface area contributed by atoms with E-state index >= 15 is 0 Å². The number of hydrogen-bond donors (Lipinski definition) is 1. The third-order valence-corrected chi connectivity index (χ3v) is 3.88. The zero-order valence-electron chi connectivity index (χ0n) is 11.9. The fourth-order valence-corrected chi connectivity index (χ4v) is 2.80. The number of thiocarbonyl (C=S) groups is 1. The van der Waals surface area contributed by atoms with Crippen molar-refractivity contribution >= 4 is 23.0 Å². The summed E-state index contributed by atoms with van der Waals surface area (Å²) in [4.78, 5) is 2.73. The topological polar surface area (TPSA) is 55.0 Å². The SMILES string of the molecule is CCc1nnc(N(CC)C2CC2)c(C(N)=S)c1CC. The lowest BCUT2D eigenvalue weighted by atomic mass is 10.0. The molecule has 2 rings (SSSR count). The van der Waals surface area contributed by atoms with Gasteiger partial charge in [0, 0.05) is 12.6 Å². The summed E-state index contributed by atoms with van der Waals surface area (Å²) in [5.74, 6) is 0.881. The second-order valence-electron chi connectivity index (χ2n) is 4.91. The van der Waals surface area contributed by atoms with Crippen molar-refractivity contribution in [2.75, 3.05) is 11.4 Å². The zero-order valence-corrected chi connectivity index (χ0v) is 12.8. The van der Waals surface area contributed by atoms with Crippen LogP contribution in [0.1, 0.15) is 50.4 Å². The fourth-order valence-electron chi connectivity index (χ4n) is 2.59. The Bertz CT molecular complexity index is 483. The molecule has 2 N–H and O–H groups in total. The number of aromatic nitrogens is 2. The molecule has 0 spiro atoms. The van der Waals surface area contributed by atoms with Gasteiger partial charge in [-0.1, -0.05) is 26.1 Å². The second-order valence-corrected chi connectivity index (χ2v) is 5.35. The van der Waals surface area contributed by atoms with E-state index in [0.717, 1.165) is 36.5 Å². The molecule has 0 unspecified atom stereocenters. The van der Waals surface area contributed by atoms with Gasteiger partial charge in [-0.3, -0.25) is 0 Å². The van der Waals surface area contributed by atoms with Crippen molar-refractivity contribution in [3.63, 3.8) is 0 Å². The first-order chi connectivity index (χ1) is 9.13. The third-order valence-electron chi connectivity index (χ3n) is 3.67. The summed E-state index contributed by atoms with van der Waals surface area (Å²) in [5, 5.41) is 8.80. The van der Waals surface area contributed by atoms with Crippen LogP contribution in [0.4, 0.5) is 5.82 Å². The van der Waals surface area contributed by atoms with Crippen molar-refractivity contribution < 1.29 is 0 Å². The number of hydrogen-bond acceptors (Lipinski definition) is 4. The normalized spacial score (nSPS) is 14.5. The summed E-state index contributed by atoms with van der Waals surface area (Å²) in [6.07, 6.45) is 4.20. The van der Waals surface area contributed by atoms with Crippen LogP contribution in [0.2, 0.25) is 0 Å². The second kappa shape index (κ2) is 5.82. The van der Waals surface area contributed by atoms with Crippen molar-refractivity contribution in [1.29, 1.82) is 0 Å². The average molecular weight is 278 g/mol. The summed E-state index contributed by atoms with van der Waals surface area (Å²) >= 11 is 5.27. The minimum absolute atomic E-state index is 0.440. The molecule has 0 saturated heterocycles. The van der Waals surface area contributed by atoms with Crippen molar-refractivity contribution in [3.8, 4) is 0 Å². The monoisotopic (exact) mass is 278 g/mol. The highest BCUT2D eigenvalue weighted by atomic mass is 32.1. The summed E-state index contributed by atoms with van der Waals surface area (Å²) in [7, 11) is 0. The van der Waals surface area contributed by atoms with Crippen LogP contribution in [0.15, 0.2) is 0 Å². The van der Waals surface area contributed by atoms with E-state index in [1.807, 2.05) is 0 Å². The molecule has 1 aliphatic rings. The molecule has 1 heterocycles. The van der Waals surface area contributed by atoms with Crippen LogP contribution in [0, 0.1) is 0 Å². The molecule has 1 fully saturated rings. The van der Waals surface area contributed by atoms with Gasteiger partial charge in [-0.25, -0.2) is 0 Å². The lowest BCUT2D eigenvalue weighted by molar-refractivity contribution is 0.771. The van der Waals surface area contributed by atoms with Gasteiger partial charge in [0.15, 0.2) is 5.82 Å². The summed E-state index contributed by atoms with van der Waals surface area (Å²) < 4.78 is 0. The van der Waals surface area contributed by atoms with E-state index in [2.05, 4.69) is 35.9 Å². The molecule has 0 atom stereocenters. The molecular formula is C14H22N4S. The standard InChI is InChI=1S/C14H22N4S/c1-4-10-11(5-2)16-17-14(12(10)13(15)19)18(6-3)9-7-8-9/h9H,4-8H2,1-3H3,(H2,15,19). The molecule has 0 amide bonds. The zero-order chi connectivity index (χ0) is 14.0. The van der Waals surface area contributed by atoms with Gasteiger partial charge >= 0.3 is 0 Å². The molecule has 0 aromatic carbocycles. The Morgan fingerprint density at radius 3 is 2.37 bits per heavy atom. The molecule has 0 radical (unpaired) electrons. The van der Waals surface area contributed by atoms with Crippen LogP contribution < -0.4 is 10.6 Å². The summed E-state index contributed by atoms with van der Waals surface area (Å²) in [6.45, 7) is 7.27. The van der Waals surface area contributed by atoms with Crippen LogP contribution in [0.25, 0.3) is 0 Å². The number of nitrogens with zero attached hydrogens (tertiary/aromatic N) is 3. The Morgan fingerprint density at radius 1 is 1.26 bits per heavy atom. The van der Waals surface area contributed by atoms with Crippen LogP contribution in [-0.4, -0.2) is 27.8 Å². The lowest BCUT2D eigenvalue weighted by Crippen LogP contribution is -2.31. The van der Waals surface area contributed by atoms with Gasteiger partial charge < -0.3 is 10.6 Å². The minimum atomic E-state index is 0.440. The highest BCUT2D eigenvalue weighted by Crippen LogP contribution is 2.33. The van der Waals surface area contributed by atoms with Gasteiger partial charge in [0.2, 0.25) is 0 Å². The Labute approximate surface area is 120 Å². The van der Waals surface area contributed by atoms with Crippen LogP contribution in [-0.2, 0) is 12.8 Å². The molecule has 1 saturated carbocycles.